The van der Waals surface area contributed by atoms with Crippen molar-refractivity contribution >= 4 is 11.0 Å². The van der Waals surface area contributed by atoms with Gasteiger partial charge in [-0.3, -0.25) is 0 Å². The number of aromatic nitrogens is 2. The Labute approximate surface area is 123 Å². The Kier molecular flexibility index (Phi) is 3.69. The number of aryl methyl sites for hydroxylation is 1. The molecule has 0 bridgehead atoms. The highest BCUT2D eigenvalue weighted by Crippen LogP contribution is 2.50. The van der Waals surface area contributed by atoms with E-state index in [1.54, 1.807) is 0 Å². The second-order valence-electron chi connectivity index (χ2n) is 6.16. The van der Waals surface area contributed by atoms with Crippen molar-refractivity contribution < 1.29 is 8.78 Å². The average Bonchev–Trinajstić information content (AvgIpc) is 2.85. The Morgan fingerprint density at radius 2 is 2.14 bits per heavy atom. The van der Waals surface area contributed by atoms with Gasteiger partial charge < -0.3 is 9.88 Å². The molecule has 1 N–H and O–H groups in total. The summed E-state index contributed by atoms with van der Waals surface area (Å²) in [6, 6.07) is 6.09. The highest BCUT2D eigenvalue weighted by Gasteiger charge is 2.55. The number of fused-ring (bicyclic) bond motifs is 1. The van der Waals surface area contributed by atoms with Crippen molar-refractivity contribution in [1.29, 1.82) is 0 Å². The van der Waals surface area contributed by atoms with E-state index in [2.05, 4.69) is 27.9 Å². The third kappa shape index (κ3) is 3.23. The fourth-order valence-electron chi connectivity index (χ4n) is 2.71. The van der Waals surface area contributed by atoms with Crippen LogP contribution in [0.4, 0.5) is 8.78 Å². The molecule has 0 amide bonds. The fraction of sp³-hybridized carbons (Fsp3) is 0.562. The normalized spacial score (nSPS) is 20.3. The van der Waals surface area contributed by atoms with Crippen LogP contribution < -0.4 is 0 Å². The summed E-state index contributed by atoms with van der Waals surface area (Å²) in [6.07, 6.45) is 1.47. The maximum atomic E-state index is 12.8. The van der Waals surface area contributed by atoms with E-state index in [4.69, 9.17) is 0 Å². The number of alkyl halides is 2. The molecule has 1 fully saturated rings. The molecule has 1 atom stereocenters. The molecule has 1 aromatic heterocycles. The van der Waals surface area contributed by atoms with Gasteiger partial charge in [-0.25, -0.2) is 13.8 Å². The lowest BCUT2D eigenvalue weighted by Crippen LogP contribution is -2.23. The Bertz CT molecular complexity index is 635. The number of hydrogen-bond donors (Lipinski definition) is 1. The standard InChI is InChI=1S/C16H21F2N3/c1-11-4-3-5-13-15(11)20-14(19-13)7-9-21(2)8-6-12-10-16(12,17)18/h3-5,12H,6-10H2,1-2H3,(H,19,20)/t12-/m1/s1. The first-order chi connectivity index (χ1) is 9.95. The topological polar surface area (TPSA) is 31.9 Å². The molecule has 0 aliphatic heterocycles. The fourth-order valence-corrected chi connectivity index (χ4v) is 2.71. The molecule has 0 unspecified atom stereocenters. The predicted molar refractivity (Wildman–Crippen MR) is 79.7 cm³/mol. The van der Waals surface area contributed by atoms with Crippen molar-refractivity contribution in [2.45, 2.75) is 32.1 Å². The Morgan fingerprint density at radius 3 is 2.81 bits per heavy atom. The molecule has 1 heterocycles. The lowest BCUT2D eigenvalue weighted by atomic mass is 10.2. The first-order valence-electron chi connectivity index (χ1n) is 7.46. The van der Waals surface area contributed by atoms with Gasteiger partial charge in [0.2, 0.25) is 0 Å². The summed E-state index contributed by atoms with van der Waals surface area (Å²) in [5.74, 6) is -1.83. The van der Waals surface area contributed by atoms with E-state index in [-0.39, 0.29) is 6.42 Å². The molecule has 1 aliphatic rings. The van der Waals surface area contributed by atoms with Crippen LogP contribution in [-0.4, -0.2) is 40.9 Å². The minimum absolute atomic E-state index is 0.0731. The van der Waals surface area contributed by atoms with E-state index in [1.807, 2.05) is 19.2 Å². The van der Waals surface area contributed by atoms with Crippen molar-refractivity contribution in [3.63, 3.8) is 0 Å². The zero-order valence-corrected chi connectivity index (χ0v) is 12.5. The number of rotatable bonds is 6. The van der Waals surface area contributed by atoms with Gasteiger partial charge in [0.15, 0.2) is 0 Å². The van der Waals surface area contributed by atoms with Gasteiger partial charge in [-0.1, -0.05) is 12.1 Å². The molecule has 0 saturated heterocycles. The molecule has 2 aromatic rings. The molecule has 0 radical (unpaired) electrons. The smallest absolute Gasteiger partial charge is 0.251 e. The number of likely N-dealkylation sites (N-methyl/N-ethyl adjacent to an activating group) is 1. The molecule has 1 aromatic carbocycles. The van der Waals surface area contributed by atoms with Crippen LogP contribution in [0.1, 0.15) is 24.2 Å². The molecule has 3 rings (SSSR count). The molecule has 114 valence electrons. The van der Waals surface area contributed by atoms with Crippen LogP contribution in [0.25, 0.3) is 11.0 Å². The van der Waals surface area contributed by atoms with E-state index < -0.39 is 11.8 Å². The van der Waals surface area contributed by atoms with Gasteiger partial charge >= 0.3 is 0 Å². The molecule has 3 nitrogen and oxygen atoms in total. The van der Waals surface area contributed by atoms with Crippen molar-refractivity contribution in [2.24, 2.45) is 5.92 Å². The van der Waals surface area contributed by atoms with E-state index in [1.165, 1.54) is 5.56 Å². The van der Waals surface area contributed by atoms with Crippen molar-refractivity contribution in [3.8, 4) is 0 Å². The summed E-state index contributed by atoms with van der Waals surface area (Å²) >= 11 is 0. The van der Waals surface area contributed by atoms with E-state index >= 15 is 0 Å². The molecule has 5 heteroatoms. The number of nitrogens with zero attached hydrogens (tertiary/aromatic N) is 2. The third-order valence-corrected chi connectivity index (χ3v) is 4.31. The van der Waals surface area contributed by atoms with Gasteiger partial charge in [-0.15, -0.1) is 0 Å². The molecule has 21 heavy (non-hydrogen) atoms. The number of benzene rings is 1. The molecular weight excluding hydrogens is 272 g/mol. The zero-order valence-electron chi connectivity index (χ0n) is 12.5. The SMILES string of the molecule is Cc1cccc2[nH]c(CCN(C)CC[C@@H]3CC3(F)F)nc12. The van der Waals surface area contributed by atoms with E-state index in [0.29, 0.717) is 6.42 Å². The minimum atomic E-state index is -2.39. The number of para-hydroxylation sites is 1. The second-order valence-corrected chi connectivity index (χ2v) is 6.16. The highest BCUT2D eigenvalue weighted by atomic mass is 19.3. The summed E-state index contributed by atoms with van der Waals surface area (Å²) in [4.78, 5) is 10.0. The van der Waals surface area contributed by atoms with Gasteiger partial charge in [0, 0.05) is 25.3 Å². The molecule has 0 spiro atoms. The monoisotopic (exact) mass is 293 g/mol. The lowest BCUT2D eigenvalue weighted by molar-refractivity contribution is 0.0946. The van der Waals surface area contributed by atoms with E-state index in [0.717, 1.165) is 36.4 Å². The number of H-pyrrole nitrogens is 1. The number of aromatic amines is 1. The van der Waals surface area contributed by atoms with Gasteiger partial charge in [0.05, 0.1) is 11.0 Å². The Balaban J connectivity index is 1.50. The van der Waals surface area contributed by atoms with Crippen molar-refractivity contribution in [1.82, 2.24) is 14.9 Å². The van der Waals surface area contributed by atoms with Crippen LogP contribution in [-0.2, 0) is 6.42 Å². The summed E-state index contributed by atoms with van der Waals surface area (Å²) in [5, 5.41) is 0. The highest BCUT2D eigenvalue weighted by molar-refractivity contribution is 5.78. The maximum absolute atomic E-state index is 12.8. The number of halogens is 2. The molecular formula is C16H21F2N3. The van der Waals surface area contributed by atoms with Crippen LogP contribution in [0.2, 0.25) is 0 Å². The first-order valence-corrected chi connectivity index (χ1v) is 7.46. The minimum Gasteiger partial charge on any atom is -0.342 e. The number of imidazole rings is 1. The quantitative estimate of drug-likeness (QED) is 0.885. The Hall–Kier alpha value is -1.49. The van der Waals surface area contributed by atoms with Gasteiger partial charge in [-0.2, -0.15) is 0 Å². The predicted octanol–water partition coefficient (Wildman–Crippen LogP) is 3.39. The molecule has 1 saturated carbocycles. The third-order valence-electron chi connectivity index (χ3n) is 4.31. The number of hydrogen-bond acceptors (Lipinski definition) is 2. The van der Waals surface area contributed by atoms with Gasteiger partial charge in [-0.05, 0) is 38.6 Å². The summed E-state index contributed by atoms with van der Waals surface area (Å²) in [7, 11) is 1.98. The second kappa shape index (κ2) is 5.37. The van der Waals surface area contributed by atoms with Crippen LogP contribution in [0.3, 0.4) is 0 Å². The van der Waals surface area contributed by atoms with Crippen LogP contribution in [0.15, 0.2) is 18.2 Å². The summed E-state index contributed by atoms with van der Waals surface area (Å²) in [6.45, 7) is 3.60. The van der Waals surface area contributed by atoms with Crippen molar-refractivity contribution in [2.75, 3.05) is 20.1 Å². The van der Waals surface area contributed by atoms with Crippen LogP contribution in [0, 0.1) is 12.8 Å². The van der Waals surface area contributed by atoms with Crippen molar-refractivity contribution in [3.05, 3.63) is 29.6 Å². The summed E-state index contributed by atoms with van der Waals surface area (Å²) < 4.78 is 25.6. The summed E-state index contributed by atoms with van der Waals surface area (Å²) in [5.41, 5.74) is 3.25. The Morgan fingerprint density at radius 1 is 1.38 bits per heavy atom. The first kappa shape index (κ1) is 14.4. The average molecular weight is 293 g/mol. The van der Waals surface area contributed by atoms with Crippen LogP contribution in [0.5, 0.6) is 0 Å². The number of nitrogens with one attached hydrogen (secondary N) is 1. The van der Waals surface area contributed by atoms with E-state index in [9.17, 15) is 8.78 Å². The largest absolute Gasteiger partial charge is 0.342 e. The van der Waals surface area contributed by atoms with Gasteiger partial charge in [0.25, 0.3) is 5.92 Å². The maximum Gasteiger partial charge on any atom is 0.251 e. The molecule has 1 aliphatic carbocycles. The van der Waals surface area contributed by atoms with Gasteiger partial charge in [0.1, 0.15) is 5.82 Å². The lowest BCUT2D eigenvalue weighted by Gasteiger charge is -2.15. The van der Waals surface area contributed by atoms with Crippen LogP contribution >= 0.6 is 0 Å². The zero-order chi connectivity index (χ0) is 15.0.